The van der Waals surface area contributed by atoms with E-state index >= 15 is 0 Å². The lowest BCUT2D eigenvalue weighted by molar-refractivity contribution is 0.593. The first-order chi connectivity index (χ1) is 8.08. The van der Waals surface area contributed by atoms with Crippen LogP contribution >= 0.6 is 0 Å². The summed E-state index contributed by atoms with van der Waals surface area (Å²) in [6, 6.07) is 6.75. The summed E-state index contributed by atoms with van der Waals surface area (Å²) in [6.45, 7) is 1.85. The van der Waals surface area contributed by atoms with E-state index in [0.29, 0.717) is 11.3 Å². The van der Waals surface area contributed by atoms with Crippen molar-refractivity contribution in [2.75, 3.05) is 0 Å². The first-order valence-corrected chi connectivity index (χ1v) is 5.21. The van der Waals surface area contributed by atoms with E-state index in [9.17, 15) is 8.78 Å². The summed E-state index contributed by atoms with van der Waals surface area (Å²) in [7, 11) is 0. The van der Waals surface area contributed by atoms with E-state index in [1.54, 1.807) is 12.1 Å². The minimum atomic E-state index is -0.685. The molecule has 0 bridgehead atoms. The van der Waals surface area contributed by atoms with Crippen molar-refractivity contribution in [3.8, 4) is 0 Å². The van der Waals surface area contributed by atoms with Gasteiger partial charge in [0, 0.05) is 5.56 Å². The van der Waals surface area contributed by atoms with E-state index in [0.717, 1.165) is 11.8 Å². The lowest BCUT2D eigenvalue weighted by Gasteiger charge is -2.13. The fourth-order valence-corrected chi connectivity index (χ4v) is 1.63. The summed E-state index contributed by atoms with van der Waals surface area (Å²) in [5.74, 6) is -0.820. The smallest absolute Gasteiger partial charge is 0.141 e. The van der Waals surface area contributed by atoms with Crippen LogP contribution in [-0.4, -0.2) is 4.98 Å². The zero-order chi connectivity index (χ0) is 12.4. The molecule has 0 aliphatic heterocycles. The van der Waals surface area contributed by atoms with Crippen LogP contribution in [0.2, 0.25) is 0 Å². The molecule has 0 spiro atoms. The number of aromatic nitrogens is 1. The number of hydrogen-bond donors (Lipinski definition) is 1. The molecule has 1 unspecified atom stereocenters. The molecule has 0 amide bonds. The molecular weight excluding hydrogens is 222 g/mol. The van der Waals surface area contributed by atoms with Crippen molar-refractivity contribution < 1.29 is 8.78 Å². The summed E-state index contributed by atoms with van der Waals surface area (Å²) in [4.78, 5) is 3.86. The maximum absolute atomic E-state index is 13.6. The van der Waals surface area contributed by atoms with E-state index in [-0.39, 0.29) is 5.82 Å². The highest BCUT2D eigenvalue weighted by molar-refractivity contribution is 5.31. The van der Waals surface area contributed by atoms with Crippen molar-refractivity contribution in [1.82, 2.24) is 4.98 Å². The number of halogens is 2. The van der Waals surface area contributed by atoms with Crippen molar-refractivity contribution in [1.29, 1.82) is 0 Å². The Morgan fingerprint density at radius 2 is 1.94 bits per heavy atom. The van der Waals surface area contributed by atoms with Crippen LogP contribution in [0.15, 0.2) is 36.5 Å². The summed E-state index contributed by atoms with van der Waals surface area (Å²) in [6.07, 6.45) is 1.07. The second-order valence-corrected chi connectivity index (χ2v) is 3.90. The van der Waals surface area contributed by atoms with Crippen LogP contribution in [0.1, 0.15) is 22.9 Å². The standard InChI is InChI=1S/C13H12F2N2/c1-8-2-4-11(15)10(6-8)13(16)12-5-3-9(14)7-17-12/h2-7,13H,16H2,1H3. The highest BCUT2D eigenvalue weighted by Gasteiger charge is 2.14. The molecule has 0 aliphatic carbocycles. The number of nitrogens with two attached hydrogens (primary N) is 1. The van der Waals surface area contributed by atoms with Crippen LogP contribution in [0.4, 0.5) is 8.78 Å². The van der Waals surface area contributed by atoms with E-state index in [1.807, 2.05) is 6.92 Å². The molecule has 2 aromatic rings. The second kappa shape index (κ2) is 4.59. The minimum Gasteiger partial charge on any atom is -0.319 e. The topological polar surface area (TPSA) is 38.9 Å². The van der Waals surface area contributed by atoms with Gasteiger partial charge >= 0.3 is 0 Å². The van der Waals surface area contributed by atoms with Gasteiger partial charge in [0.2, 0.25) is 0 Å². The van der Waals surface area contributed by atoms with Gasteiger partial charge in [0.25, 0.3) is 0 Å². The normalized spacial score (nSPS) is 12.5. The van der Waals surface area contributed by atoms with Crippen LogP contribution in [0.3, 0.4) is 0 Å². The molecule has 1 atom stereocenters. The zero-order valence-electron chi connectivity index (χ0n) is 9.32. The third kappa shape index (κ3) is 2.47. The van der Waals surface area contributed by atoms with Gasteiger partial charge in [-0.3, -0.25) is 4.98 Å². The van der Waals surface area contributed by atoms with Crippen LogP contribution in [0, 0.1) is 18.6 Å². The molecule has 0 saturated heterocycles. The first-order valence-electron chi connectivity index (χ1n) is 5.21. The molecule has 0 fully saturated rings. The summed E-state index contributed by atoms with van der Waals surface area (Å²) < 4.78 is 26.3. The average Bonchev–Trinajstić information content (AvgIpc) is 2.32. The predicted molar refractivity (Wildman–Crippen MR) is 61.4 cm³/mol. The van der Waals surface area contributed by atoms with Crippen LogP contribution in [0.5, 0.6) is 0 Å². The minimum absolute atomic E-state index is 0.365. The van der Waals surface area contributed by atoms with Gasteiger partial charge < -0.3 is 5.73 Å². The Kier molecular flexibility index (Phi) is 3.15. The molecule has 1 heterocycles. The maximum atomic E-state index is 13.6. The number of pyridine rings is 1. The van der Waals surface area contributed by atoms with Gasteiger partial charge in [0.15, 0.2) is 0 Å². The molecular formula is C13H12F2N2. The summed E-state index contributed by atoms with van der Waals surface area (Å²) in [5.41, 5.74) is 7.63. The van der Waals surface area contributed by atoms with E-state index in [4.69, 9.17) is 5.73 Å². The second-order valence-electron chi connectivity index (χ2n) is 3.90. The monoisotopic (exact) mass is 234 g/mol. The van der Waals surface area contributed by atoms with Crippen LogP contribution < -0.4 is 5.73 Å². The predicted octanol–water partition coefficient (Wildman–Crippen LogP) is 2.72. The van der Waals surface area contributed by atoms with Gasteiger partial charge in [-0.2, -0.15) is 0 Å². The third-order valence-electron chi connectivity index (χ3n) is 2.56. The average molecular weight is 234 g/mol. The van der Waals surface area contributed by atoms with Gasteiger partial charge in [0.05, 0.1) is 17.9 Å². The largest absolute Gasteiger partial charge is 0.319 e. The lowest BCUT2D eigenvalue weighted by Crippen LogP contribution is -2.15. The molecule has 2 rings (SSSR count). The Morgan fingerprint density at radius 3 is 2.59 bits per heavy atom. The summed E-state index contributed by atoms with van der Waals surface area (Å²) >= 11 is 0. The fourth-order valence-electron chi connectivity index (χ4n) is 1.63. The quantitative estimate of drug-likeness (QED) is 0.867. The molecule has 4 heteroatoms. The first kappa shape index (κ1) is 11.7. The fraction of sp³-hybridized carbons (Fsp3) is 0.154. The third-order valence-corrected chi connectivity index (χ3v) is 2.56. The van der Waals surface area contributed by atoms with Crippen molar-refractivity contribution >= 4 is 0 Å². The summed E-state index contributed by atoms with van der Waals surface area (Å²) in [5, 5.41) is 0. The number of rotatable bonds is 2. The molecule has 1 aromatic carbocycles. The molecule has 2 N–H and O–H groups in total. The van der Waals surface area contributed by atoms with Crippen molar-refractivity contribution in [3.63, 3.8) is 0 Å². The molecule has 88 valence electrons. The molecule has 0 radical (unpaired) electrons. The number of aryl methyl sites for hydroxylation is 1. The van der Waals surface area contributed by atoms with Crippen molar-refractivity contribution in [2.24, 2.45) is 5.73 Å². The Hall–Kier alpha value is -1.81. The van der Waals surface area contributed by atoms with Crippen LogP contribution in [-0.2, 0) is 0 Å². The Labute approximate surface area is 98.1 Å². The number of benzene rings is 1. The molecule has 0 saturated carbocycles. The van der Waals surface area contributed by atoms with E-state index < -0.39 is 11.9 Å². The van der Waals surface area contributed by atoms with Gasteiger partial charge in [-0.15, -0.1) is 0 Å². The van der Waals surface area contributed by atoms with Gasteiger partial charge in [-0.05, 0) is 25.1 Å². The zero-order valence-corrected chi connectivity index (χ0v) is 9.32. The SMILES string of the molecule is Cc1ccc(F)c(C(N)c2ccc(F)cn2)c1. The molecule has 1 aromatic heterocycles. The van der Waals surface area contributed by atoms with Crippen molar-refractivity contribution in [2.45, 2.75) is 13.0 Å². The number of nitrogens with zero attached hydrogens (tertiary/aromatic N) is 1. The van der Waals surface area contributed by atoms with E-state index in [2.05, 4.69) is 4.98 Å². The van der Waals surface area contributed by atoms with Crippen molar-refractivity contribution in [3.05, 3.63) is 65.0 Å². The van der Waals surface area contributed by atoms with Gasteiger partial charge in [-0.1, -0.05) is 17.7 Å². The van der Waals surface area contributed by atoms with Gasteiger partial charge in [-0.25, -0.2) is 8.78 Å². The van der Waals surface area contributed by atoms with Gasteiger partial charge in [0.1, 0.15) is 11.6 Å². The molecule has 2 nitrogen and oxygen atoms in total. The van der Waals surface area contributed by atoms with Crippen LogP contribution in [0.25, 0.3) is 0 Å². The van der Waals surface area contributed by atoms with E-state index in [1.165, 1.54) is 18.2 Å². The molecule has 17 heavy (non-hydrogen) atoms. The Balaban J connectivity index is 2.39. The highest BCUT2D eigenvalue weighted by atomic mass is 19.1. The number of hydrogen-bond acceptors (Lipinski definition) is 2. The Bertz CT molecular complexity index is 523. The Morgan fingerprint density at radius 1 is 1.18 bits per heavy atom. The highest BCUT2D eigenvalue weighted by Crippen LogP contribution is 2.21. The maximum Gasteiger partial charge on any atom is 0.141 e. The molecule has 0 aliphatic rings. The lowest BCUT2D eigenvalue weighted by atomic mass is 10.0.